The van der Waals surface area contributed by atoms with Crippen molar-refractivity contribution >= 4 is 56.4 Å². The molecule has 0 saturated carbocycles. The molecule has 0 bridgehead atoms. The lowest BCUT2D eigenvalue weighted by Crippen LogP contribution is -2.32. The van der Waals surface area contributed by atoms with Gasteiger partial charge in [0.05, 0.1) is 5.41 Å². The Bertz CT molecular complexity index is 2100. The molecule has 0 unspecified atom stereocenters. The van der Waals surface area contributed by atoms with Crippen LogP contribution in [0.2, 0.25) is 0 Å². The number of carbonyl (C=O) groups is 3. The van der Waals surface area contributed by atoms with Crippen LogP contribution in [-0.2, 0) is 30.1 Å². The zero-order chi connectivity index (χ0) is 34.5. The lowest BCUT2D eigenvalue weighted by molar-refractivity contribution is -0.438. The highest BCUT2D eigenvalue weighted by Gasteiger charge is 2.46. The molecule has 4 aromatic rings. The second kappa shape index (κ2) is 12.4. The fourth-order valence-electron chi connectivity index (χ4n) is 8.23. The van der Waals surface area contributed by atoms with Gasteiger partial charge in [0, 0.05) is 66.7 Å². The number of benzene rings is 4. The third-order valence-corrected chi connectivity index (χ3v) is 10.5. The summed E-state index contributed by atoms with van der Waals surface area (Å²) in [6.07, 6.45) is 8.39. The van der Waals surface area contributed by atoms with Crippen molar-refractivity contribution in [3.63, 3.8) is 0 Å². The van der Waals surface area contributed by atoms with Crippen molar-refractivity contribution in [3.8, 4) is 0 Å². The predicted octanol–water partition coefficient (Wildman–Crippen LogP) is 8.40. The molecule has 3 aliphatic rings. The van der Waals surface area contributed by atoms with Gasteiger partial charge in [-0.15, -0.1) is 5.06 Å². The number of amides is 2. The quantitative estimate of drug-likeness (QED) is 0.103. The number of allylic oxidation sites excluding steroid dienone is 4. The molecule has 1 saturated heterocycles. The van der Waals surface area contributed by atoms with Gasteiger partial charge in [0.1, 0.15) is 6.54 Å². The summed E-state index contributed by atoms with van der Waals surface area (Å²) in [6.45, 7) is 13.1. The molecule has 7 rings (SSSR count). The number of hydrogen-bond donors (Lipinski definition) is 0. The minimum absolute atomic E-state index is 0.0889. The van der Waals surface area contributed by atoms with Crippen LogP contribution in [0.5, 0.6) is 0 Å². The SMILES string of the molecule is CCN1/C(=C\C=C\C2=[N+](CCCCC(=O)ON3C(=O)CCC3=O)c3ccc4ccccc4c3C2(C)C)C(C)(C)c2c1ccc1ccccc21. The molecule has 4 aromatic carbocycles. The van der Waals surface area contributed by atoms with E-state index < -0.39 is 17.8 Å². The van der Waals surface area contributed by atoms with Crippen molar-refractivity contribution in [2.45, 2.75) is 77.6 Å². The number of carbonyl (C=O) groups excluding carboxylic acids is 3. The highest BCUT2D eigenvalue weighted by molar-refractivity contribution is 6.08. The minimum Gasteiger partial charge on any atom is -0.344 e. The second-order valence-electron chi connectivity index (χ2n) is 14.3. The van der Waals surface area contributed by atoms with Gasteiger partial charge >= 0.3 is 5.97 Å². The van der Waals surface area contributed by atoms with Gasteiger partial charge < -0.3 is 9.74 Å². The van der Waals surface area contributed by atoms with E-state index in [-0.39, 0.29) is 30.1 Å². The van der Waals surface area contributed by atoms with E-state index in [0.717, 1.165) is 13.0 Å². The third-order valence-electron chi connectivity index (χ3n) is 10.5. The van der Waals surface area contributed by atoms with Gasteiger partial charge in [-0.05, 0) is 72.5 Å². The molecule has 0 aliphatic carbocycles. The molecular formula is C42H44N3O4+. The third kappa shape index (κ3) is 5.45. The Morgan fingerprint density at radius 2 is 1.45 bits per heavy atom. The molecule has 7 heteroatoms. The maximum absolute atomic E-state index is 12.5. The number of likely N-dealkylation sites (N-methyl/N-ethyl adjacent to an activating group) is 1. The first-order valence-electron chi connectivity index (χ1n) is 17.5. The molecule has 7 nitrogen and oxygen atoms in total. The van der Waals surface area contributed by atoms with Crippen LogP contribution in [-0.4, -0.2) is 46.2 Å². The van der Waals surface area contributed by atoms with Crippen molar-refractivity contribution in [1.82, 2.24) is 5.06 Å². The predicted molar refractivity (Wildman–Crippen MR) is 195 cm³/mol. The summed E-state index contributed by atoms with van der Waals surface area (Å²) in [5.41, 5.74) is 7.17. The van der Waals surface area contributed by atoms with Gasteiger partial charge in [0.2, 0.25) is 5.69 Å². The lowest BCUT2D eigenvalue weighted by atomic mass is 9.79. The van der Waals surface area contributed by atoms with E-state index in [4.69, 9.17) is 4.84 Å². The number of hydroxylamine groups is 2. The maximum atomic E-state index is 12.5. The van der Waals surface area contributed by atoms with Crippen molar-refractivity contribution < 1.29 is 23.8 Å². The Morgan fingerprint density at radius 1 is 0.816 bits per heavy atom. The van der Waals surface area contributed by atoms with Crippen LogP contribution in [0.25, 0.3) is 21.5 Å². The highest BCUT2D eigenvalue weighted by atomic mass is 16.7. The van der Waals surface area contributed by atoms with E-state index in [1.807, 2.05) is 0 Å². The highest BCUT2D eigenvalue weighted by Crippen LogP contribution is 2.51. The zero-order valence-corrected chi connectivity index (χ0v) is 29.1. The molecule has 2 amide bonds. The molecule has 0 N–H and O–H groups in total. The van der Waals surface area contributed by atoms with Crippen LogP contribution in [0.4, 0.5) is 11.4 Å². The summed E-state index contributed by atoms with van der Waals surface area (Å²) in [4.78, 5) is 43.8. The average molecular weight is 655 g/mol. The Morgan fingerprint density at radius 3 is 2.12 bits per heavy atom. The number of unbranched alkanes of at least 4 members (excludes halogenated alkanes) is 1. The number of fused-ring (bicyclic) bond motifs is 6. The number of rotatable bonds is 9. The summed E-state index contributed by atoms with van der Waals surface area (Å²) < 4.78 is 2.40. The number of hydrogen-bond acceptors (Lipinski definition) is 5. The van der Waals surface area contributed by atoms with Crippen molar-refractivity contribution in [2.24, 2.45) is 0 Å². The van der Waals surface area contributed by atoms with Gasteiger partial charge in [-0.25, -0.2) is 4.79 Å². The van der Waals surface area contributed by atoms with E-state index in [1.165, 1.54) is 55.5 Å². The standard InChI is InChI=1S/C42H44N3O4/c1-6-43-32-23-21-28-14-7-9-16-30(28)39(32)41(2,3)34(43)18-13-19-35-42(4,5)40-31-17-10-8-15-29(31)22-24-33(40)44(35)27-12-11-20-38(48)49-45-36(46)25-26-37(45)47/h7-10,13-19,21-24H,6,11-12,20,25-27H2,1-5H3/q+1. The molecule has 1 fully saturated rings. The molecular weight excluding hydrogens is 610 g/mol. The Hall–Kier alpha value is -5.04. The van der Waals surface area contributed by atoms with Crippen LogP contribution in [0.15, 0.2) is 96.7 Å². The van der Waals surface area contributed by atoms with Crippen molar-refractivity contribution in [3.05, 3.63) is 108 Å². The largest absolute Gasteiger partial charge is 0.344 e. The Labute approximate surface area is 288 Å². The lowest BCUT2D eigenvalue weighted by Gasteiger charge is -2.26. The van der Waals surface area contributed by atoms with Gasteiger partial charge in [-0.1, -0.05) is 74.5 Å². The molecule has 49 heavy (non-hydrogen) atoms. The Kier molecular flexibility index (Phi) is 8.26. The fourth-order valence-corrected chi connectivity index (χ4v) is 8.23. The first kappa shape index (κ1) is 32.5. The molecule has 0 radical (unpaired) electrons. The summed E-state index contributed by atoms with van der Waals surface area (Å²) in [5.74, 6) is -1.47. The van der Waals surface area contributed by atoms with Crippen molar-refractivity contribution in [1.29, 1.82) is 0 Å². The zero-order valence-electron chi connectivity index (χ0n) is 29.1. The first-order valence-corrected chi connectivity index (χ1v) is 17.5. The van der Waals surface area contributed by atoms with Gasteiger partial charge in [-0.3, -0.25) is 9.59 Å². The molecule has 0 atom stereocenters. The molecule has 0 spiro atoms. The van der Waals surface area contributed by atoms with Crippen LogP contribution in [0, 0.1) is 0 Å². The number of nitrogens with zero attached hydrogens (tertiary/aromatic N) is 3. The average Bonchev–Trinajstić information content (AvgIpc) is 3.61. The fraction of sp³-hybridized carbons (Fsp3) is 0.333. The van der Waals surface area contributed by atoms with Crippen molar-refractivity contribution in [2.75, 3.05) is 18.0 Å². The van der Waals surface area contributed by atoms with Crippen LogP contribution in [0.1, 0.15) is 77.8 Å². The van der Waals surface area contributed by atoms with Gasteiger partial charge in [0.15, 0.2) is 5.71 Å². The van der Waals surface area contributed by atoms with Crippen LogP contribution < -0.4 is 4.90 Å². The normalized spacial score (nSPS) is 18.8. The van der Waals surface area contributed by atoms with Gasteiger partial charge in [-0.2, -0.15) is 4.58 Å². The van der Waals surface area contributed by atoms with Crippen LogP contribution in [0.3, 0.4) is 0 Å². The van der Waals surface area contributed by atoms with E-state index in [9.17, 15) is 14.4 Å². The molecule has 3 heterocycles. The number of imide groups is 1. The summed E-state index contributed by atoms with van der Waals surface area (Å²) in [6, 6.07) is 26.1. The monoisotopic (exact) mass is 654 g/mol. The number of anilines is 1. The molecule has 250 valence electrons. The smallest absolute Gasteiger partial charge is 0.333 e. The second-order valence-corrected chi connectivity index (χ2v) is 14.3. The van der Waals surface area contributed by atoms with E-state index >= 15 is 0 Å². The maximum Gasteiger partial charge on any atom is 0.333 e. The summed E-state index contributed by atoms with van der Waals surface area (Å²) in [5, 5.41) is 5.66. The van der Waals surface area contributed by atoms with E-state index in [0.29, 0.717) is 18.0 Å². The van der Waals surface area contributed by atoms with Crippen LogP contribution >= 0.6 is 0 Å². The topological polar surface area (TPSA) is 69.9 Å². The Balaban J connectivity index is 1.20. The first-order chi connectivity index (χ1) is 23.5. The molecule has 0 aromatic heterocycles. The summed E-state index contributed by atoms with van der Waals surface area (Å²) >= 11 is 0. The van der Waals surface area contributed by atoms with Gasteiger partial charge in [0.25, 0.3) is 11.8 Å². The molecule has 3 aliphatic heterocycles. The summed E-state index contributed by atoms with van der Waals surface area (Å²) in [7, 11) is 0. The minimum atomic E-state index is -0.555. The van der Waals surface area contributed by atoms with E-state index in [2.05, 4.69) is 135 Å². The van der Waals surface area contributed by atoms with E-state index in [1.54, 1.807) is 0 Å².